The van der Waals surface area contributed by atoms with E-state index in [9.17, 15) is 4.79 Å². The Morgan fingerprint density at radius 1 is 1.17 bits per heavy atom. The van der Waals surface area contributed by atoms with Crippen LogP contribution >= 0.6 is 0 Å². The van der Waals surface area contributed by atoms with Crippen molar-refractivity contribution in [1.29, 1.82) is 0 Å². The number of carbonyl (C=O) groups excluding carboxylic acids is 1. The van der Waals surface area contributed by atoms with Gasteiger partial charge in [-0.15, -0.1) is 0 Å². The fraction of sp³-hybridized carbons (Fsp3) is 0.650. The largest absolute Gasteiger partial charge is 0.381 e. The molecule has 0 radical (unpaired) electrons. The van der Waals surface area contributed by atoms with Gasteiger partial charge in [-0.2, -0.15) is 0 Å². The molecular formula is C20H30N2O2. The highest BCUT2D eigenvalue weighted by atomic mass is 16.5. The molecule has 1 aromatic carbocycles. The maximum atomic E-state index is 13.1. The van der Waals surface area contributed by atoms with Gasteiger partial charge in [0.15, 0.2) is 0 Å². The molecule has 0 aromatic heterocycles. The van der Waals surface area contributed by atoms with E-state index in [1.807, 2.05) is 12.1 Å². The number of nitrogens with one attached hydrogen (secondary N) is 1. The first kappa shape index (κ1) is 17.4. The molecule has 2 aliphatic heterocycles. The standard InChI is InChI=1S/C20H30N2O2/c1-17-7-3-4-8-18(17)20(9-15-24-16-10-20)19(23)21-11-14-22-12-5-2-6-13-22/h3-4,7-8H,2,5-6,9-16H2,1H3,(H,21,23). The number of ether oxygens (including phenoxy) is 1. The summed E-state index contributed by atoms with van der Waals surface area (Å²) in [6, 6.07) is 8.30. The lowest BCUT2D eigenvalue weighted by molar-refractivity contribution is -0.130. The summed E-state index contributed by atoms with van der Waals surface area (Å²) in [6.07, 6.45) is 5.47. The summed E-state index contributed by atoms with van der Waals surface area (Å²) in [6.45, 7) is 7.48. The number of hydrogen-bond donors (Lipinski definition) is 1. The van der Waals surface area contributed by atoms with E-state index >= 15 is 0 Å². The van der Waals surface area contributed by atoms with E-state index in [1.165, 1.54) is 43.5 Å². The molecular weight excluding hydrogens is 300 g/mol. The zero-order chi connectivity index (χ0) is 16.8. The van der Waals surface area contributed by atoms with Crippen LogP contribution in [0.15, 0.2) is 24.3 Å². The van der Waals surface area contributed by atoms with Crippen LogP contribution in [-0.2, 0) is 14.9 Å². The Bertz CT molecular complexity index is 546. The zero-order valence-electron chi connectivity index (χ0n) is 14.9. The van der Waals surface area contributed by atoms with Gasteiger partial charge < -0.3 is 15.0 Å². The van der Waals surface area contributed by atoms with Gasteiger partial charge >= 0.3 is 0 Å². The highest BCUT2D eigenvalue weighted by molar-refractivity contribution is 5.88. The Balaban J connectivity index is 1.67. The number of benzene rings is 1. The van der Waals surface area contributed by atoms with Gasteiger partial charge in [-0.1, -0.05) is 30.7 Å². The molecule has 0 unspecified atom stereocenters. The molecule has 0 spiro atoms. The summed E-state index contributed by atoms with van der Waals surface area (Å²) in [5.41, 5.74) is 1.94. The van der Waals surface area contributed by atoms with Crippen LogP contribution in [0.4, 0.5) is 0 Å². The number of piperidine rings is 1. The van der Waals surface area contributed by atoms with Crippen molar-refractivity contribution in [2.45, 2.75) is 44.4 Å². The van der Waals surface area contributed by atoms with Gasteiger partial charge in [-0.3, -0.25) is 4.79 Å². The summed E-state index contributed by atoms with van der Waals surface area (Å²) < 4.78 is 5.55. The number of aryl methyl sites for hydroxylation is 1. The molecule has 1 N–H and O–H groups in total. The number of rotatable bonds is 5. The summed E-state index contributed by atoms with van der Waals surface area (Å²) in [7, 11) is 0. The molecule has 24 heavy (non-hydrogen) atoms. The van der Waals surface area contributed by atoms with Crippen LogP contribution in [0.2, 0.25) is 0 Å². The van der Waals surface area contributed by atoms with Crippen LogP contribution in [-0.4, -0.2) is 50.2 Å². The normalized spacial score (nSPS) is 21.4. The summed E-state index contributed by atoms with van der Waals surface area (Å²) in [4.78, 5) is 15.6. The molecule has 2 saturated heterocycles. The number of likely N-dealkylation sites (tertiary alicyclic amines) is 1. The highest BCUT2D eigenvalue weighted by Crippen LogP contribution is 2.36. The smallest absolute Gasteiger partial charge is 0.230 e. The van der Waals surface area contributed by atoms with Gasteiger partial charge in [0, 0.05) is 26.3 Å². The molecule has 132 valence electrons. The number of amides is 1. The molecule has 1 amide bonds. The second kappa shape index (κ2) is 8.13. The van der Waals surface area contributed by atoms with Gasteiger partial charge in [-0.05, 0) is 56.8 Å². The van der Waals surface area contributed by atoms with Crippen LogP contribution in [0.25, 0.3) is 0 Å². The Morgan fingerprint density at radius 2 is 1.88 bits per heavy atom. The van der Waals surface area contributed by atoms with Crippen LogP contribution in [0.5, 0.6) is 0 Å². The molecule has 0 atom stereocenters. The van der Waals surface area contributed by atoms with Gasteiger partial charge in [0.25, 0.3) is 0 Å². The van der Waals surface area contributed by atoms with Crippen molar-refractivity contribution in [2.24, 2.45) is 0 Å². The van der Waals surface area contributed by atoms with E-state index in [-0.39, 0.29) is 5.91 Å². The van der Waals surface area contributed by atoms with Crippen molar-refractivity contribution in [3.05, 3.63) is 35.4 Å². The molecule has 4 nitrogen and oxygen atoms in total. The van der Waals surface area contributed by atoms with Crippen molar-refractivity contribution in [3.63, 3.8) is 0 Å². The Labute approximate surface area is 145 Å². The van der Waals surface area contributed by atoms with E-state index in [4.69, 9.17) is 4.74 Å². The van der Waals surface area contributed by atoms with Gasteiger partial charge in [-0.25, -0.2) is 0 Å². The van der Waals surface area contributed by atoms with Crippen molar-refractivity contribution in [3.8, 4) is 0 Å². The molecule has 1 aromatic rings. The van der Waals surface area contributed by atoms with Crippen molar-refractivity contribution < 1.29 is 9.53 Å². The van der Waals surface area contributed by atoms with Crippen molar-refractivity contribution in [2.75, 3.05) is 39.4 Å². The zero-order valence-corrected chi connectivity index (χ0v) is 14.9. The average molecular weight is 330 g/mol. The molecule has 0 aliphatic carbocycles. The second-order valence-corrected chi connectivity index (χ2v) is 7.17. The minimum Gasteiger partial charge on any atom is -0.381 e. The van der Waals surface area contributed by atoms with Crippen LogP contribution in [0.1, 0.15) is 43.2 Å². The fourth-order valence-corrected chi connectivity index (χ4v) is 4.13. The summed E-state index contributed by atoms with van der Waals surface area (Å²) in [5, 5.41) is 3.23. The maximum Gasteiger partial charge on any atom is 0.230 e. The topological polar surface area (TPSA) is 41.6 Å². The Kier molecular flexibility index (Phi) is 5.90. The first-order chi connectivity index (χ1) is 11.7. The lowest BCUT2D eigenvalue weighted by Crippen LogP contribution is -2.50. The minimum absolute atomic E-state index is 0.178. The monoisotopic (exact) mass is 330 g/mol. The number of nitrogens with zero attached hydrogens (tertiary/aromatic N) is 1. The molecule has 2 aliphatic rings. The van der Waals surface area contributed by atoms with Gasteiger partial charge in [0.05, 0.1) is 5.41 Å². The SMILES string of the molecule is Cc1ccccc1C1(C(=O)NCCN2CCCCC2)CCOCC1. The molecule has 3 rings (SSSR count). The van der Waals surface area contributed by atoms with E-state index in [0.29, 0.717) is 13.2 Å². The highest BCUT2D eigenvalue weighted by Gasteiger charge is 2.42. The summed E-state index contributed by atoms with van der Waals surface area (Å²) in [5.74, 6) is 0.178. The molecule has 2 heterocycles. The van der Waals surface area contributed by atoms with Crippen molar-refractivity contribution in [1.82, 2.24) is 10.2 Å². The quantitative estimate of drug-likeness (QED) is 0.902. The minimum atomic E-state index is -0.425. The number of carbonyl (C=O) groups is 1. The first-order valence-electron chi connectivity index (χ1n) is 9.37. The third kappa shape index (κ3) is 3.81. The fourth-order valence-electron chi connectivity index (χ4n) is 4.13. The Hall–Kier alpha value is -1.39. The maximum absolute atomic E-state index is 13.1. The lowest BCUT2D eigenvalue weighted by Gasteiger charge is -2.37. The predicted octanol–water partition coefficient (Wildman–Crippen LogP) is 2.65. The number of hydrogen-bond acceptors (Lipinski definition) is 3. The summed E-state index contributed by atoms with van der Waals surface area (Å²) >= 11 is 0. The van der Waals surface area contributed by atoms with E-state index in [0.717, 1.165) is 25.9 Å². The molecule has 2 fully saturated rings. The van der Waals surface area contributed by atoms with Crippen molar-refractivity contribution >= 4 is 5.91 Å². The molecule has 0 bridgehead atoms. The van der Waals surface area contributed by atoms with Crippen LogP contribution in [0.3, 0.4) is 0 Å². The Morgan fingerprint density at radius 3 is 2.58 bits per heavy atom. The van der Waals surface area contributed by atoms with Crippen LogP contribution < -0.4 is 5.32 Å². The second-order valence-electron chi connectivity index (χ2n) is 7.17. The molecule has 0 saturated carbocycles. The van der Waals surface area contributed by atoms with Crippen LogP contribution in [0, 0.1) is 6.92 Å². The predicted molar refractivity (Wildman–Crippen MR) is 96.2 cm³/mol. The van der Waals surface area contributed by atoms with Gasteiger partial charge in [0.1, 0.15) is 0 Å². The first-order valence-corrected chi connectivity index (χ1v) is 9.37. The average Bonchev–Trinajstić information content (AvgIpc) is 2.63. The van der Waals surface area contributed by atoms with E-state index < -0.39 is 5.41 Å². The molecule has 4 heteroatoms. The third-order valence-electron chi connectivity index (χ3n) is 5.60. The van der Waals surface area contributed by atoms with Gasteiger partial charge in [0.2, 0.25) is 5.91 Å². The van der Waals surface area contributed by atoms with E-state index in [1.54, 1.807) is 0 Å². The van der Waals surface area contributed by atoms with E-state index in [2.05, 4.69) is 29.3 Å². The third-order valence-corrected chi connectivity index (χ3v) is 5.60. The lowest BCUT2D eigenvalue weighted by atomic mass is 9.72.